The topological polar surface area (TPSA) is 124 Å². The zero-order chi connectivity index (χ0) is 24.1. The number of carbonyl (C=O) groups excluding carboxylic acids is 2. The number of aromatic nitrogens is 1. The van der Waals surface area contributed by atoms with Gasteiger partial charge in [0.05, 0.1) is 22.7 Å². The molecule has 0 radical (unpaired) electrons. The number of hydrogen-bond donors (Lipinski definition) is 3. The fourth-order valence-corrected chi connectivity index (χ4v) is 4.29. The van der Waals surface area contributed by atoms with Crippen molar-refractivity contribution in [3.05, 3.63) is 69.5 Å². The SMILES string of the molecule is O=C(Nc1ccsc1C(=O)Nc1ccc(Cl)cn1)c1ccc(N=CN2CCCC2C(=O)O)cc1. The Balaban J connectivity index is 1.38. The van der Waals surface area contributed by atoms with Crippen LogP contribution in [-0.4, -0.2) is 51.7 Å². The first-order valence-corrected chi connectivity index (χ1v) is 11.6. The van der Waals surface area contributed by atoms with Crippen LogP contribution >= 0.6 is 22.9 Å². The first-order chi connectivity index (χ1) is 16.4. The van der Waals surface area contributed by atoms with Crippen LogP contribution < -0.4 is 10.6 Å². The Hall–Kier alpha value is -3.76. The number of carboxylic acids is 1. The number of aliphatic imine (C=N–C) groups is 1. The molecule has 3 heterocycles. The van der Waals surface area contributed by atoms with E-state index in [2.05, 4.69) is 20.6 Å². The lowest BCUT2D eigenvalue weighted by molar-refractivity contribution is -0.140. The average Bonchev–Trinajstić information content (AvgIpc) is 3.49. The maximum absolute atomic E-state index is 12.7. The second-order valence-corrected chi connectivity index (χ2v) is 8.81. The largest absolute Gasteiger partial charge is 0.480 e. The Kier molecular flexibility index (Phi) is 7.19. The molecule has 1 unspecified atom stereocenters. The summed E-state index contributed by atoms with van der Waals surface area (Å²) < 4.78 is 0. The van der Waals surface area contributed by atoms with Crippen molar-refractivity contribution in [2.45, 2.75) is 18.9 Å². The number of carbonyl (C=O) groups is 3. The quantitative estimate of drug-likeness (QED) is 0.326. The fraction of sp³-hybridized carbons (Fsp3) is 0.174. The number of nitrogens with one attached hydrogen (secondary N) is 2. The number of hydrogen-bond acceptors (Lipinski definition) is 6. The van der Waals surface area contributed by atoms with E-state index in [4.69, 9.17) is 11.6 Å². The van der Waals surface area contributed by atoms with Gasteiger partial charge >= 0.3 is 5.97 Å². The predicted molar refractivity (Wildman–Crippen MR) is 131 cm³/mol. The third-order valence-electron chi connectivity index (χ3n) is 5.15. The van der Waals surface area contributed by atoms with Gasteiger partial charge in [0, 0.05) is 18.3 Å². The van der Waals surface area contributed by atoms with Crippen LogP contribution in [0.3, 0.4) is 0 Å². The van der Waals surface area contributed by atoms with Gasteiger partial charge in [-0.15, -0.1) is 11.3 Å². The molecule has 0 spiro atoms. The van der Waals surface area contributed by atoms with E-state index in [1.165, 1.54) is 23.9 Å². The van der Waals surface area contributed by atoms with Gasteiger partial charge in [-0.2, -0.15) is 0 Å². The average molecular weight is 498 g/mol. The summed E-state index contributed by atoms with van der Waals surface area (Å²) in [5, 5.41) is 16.8. The summed E-state index contributed by atoms with van der Waals surface area (Å²) in [6, 6.07) is 10.9. The molecule has 2 amide bonds. The molecule has 1 aliphatic rings. The van der Waals surface area contributed by atoms with Crippen molar-refractivity contribution < 1.29 is 19.5 Å². The molecule has 0 aliphatic carbocycles. The molecule has 34 heavy (non-hydrogen) atoms. The molecule has 3 aromatic rings. The molecule has 2 aromatic heterocycles. The van der Waals surface area contributed by atoms with E-state index in [1.54, 1.807) is 52.7 Å². The molecule has 4 rings (SSSR count). The van der Waals surface area contributed by atoms with E-state index in [-0.39, 0.29) is 5.91 Å². The molecule has 0 saturated carbocycles. The third-order valence-corrected chi connectivity index (χ3v) is 6.29. The molecule has 0 bridgehead atoms. The zero-order valence-corrected chi connectivity index (χ0v) is 19.3. The zero-order valence-electron chi connectivity index (χ0n) is 17.8. The number of likely N-dealkylation sites (tertiary alicyclic amines) is 1. The van der Waals surface area contributed by atoms with Crippen LogP contribution in [0, 0.1) is 0 Å². The lowest BCUT2D eigenvalue weighted by atomic mass is 10.2. The van der Waals surface area contributed by atoms with Crippen LogP contribution in [-0.2, 0) is 4.79 Å². The Morgan fingerprint density at radius 1 is 1.12 bits per heavy atom. The highest BCUT2D eigenvalue weighted by molar-refractivity contribution is 7.12. The minimum atomic E-state index is -0.859. The van der Waals surface area contributed by atoms with Gasteiger partial charge in [-0.1, -0.05) is 11.6 Å². The number of pyridine rings is 1. The Bertz CT molecular complexity index is 1230. The van der Waals surface area contributed by atoms with Crippen molar-refractivity contribution >= 4 is 64.3 Å². The lowest BCUT2D eigenvalue weighted by Gasteiger charge is -2.17. The Labute approximate surface area is 204 Å². The minimum Gasteiger partial charge on any atom is -0.480 e. The van der Waals surface area contributed by atoms with Crippen LogP contribution in [0.5, 0.6) is 0 Å². The number of halogens is 1. The van der Waals surface area contributed by atoms with E-state index in [1.807, 2.05) is 0 Å². The van der Waals surface area contributed by atoms with Crippen LogP contribution in [0.25, 0.3) is 0 Å². The summed E-state index contributed by atoms with van der Waals surface area (Å²) in [5.74, 6) is -1.29. The van der Waals surface area contributed by atoms with Crippen molar-refractivity contribution in [1.82, 2.24) is 9.88 Å². The van der Waals surface area contributed by atoms with Gasteiger partial charge in [0.25, 0.3) is 11.8 Å². The second kappa shape index (κ2) is 10.4. The number of aliphatic carboxylic acids is 1. The van der Waals surface area contributed by atoms with Gasteiger partial charge in [-0.25, -0.2) is 14.8 Å². The van der Waals surface area contributed by atoms with E-state index in [0.29, 0.717) is 45.6 Å². The third kappa shape index (κ3) is 5.59. The lowest BCUT2D eigenvalue weighted by Crippen LogP contribution is -2.34. The fourth-order valence-electron chi connectivity index (χ4n) is 3.43. The number of nitrogens with zero attached hydrogens (tertiary/aromatic N) is 3. The summed E-state index contributed by atoms with van der Waals surface area (Å²) >= 11 is 7.01. The summed E-state index contributed by atoms with van der Waals surface area (Å²) in [6.45, 7) is 0.644. The number of carboxylic acid groups (broad SMARTS) is 1. The van der Waals surface area contributed by atoms with Crippen molar-refractivity contribution in [3.63, 3.8) is 0 Å². The van der Waals surface area contributed by atoms with Crippen LogP contribution in [0.15, 0.2) is 59.0 Å². The number of thiophene rings is 1. The van der Waals surface area contributed by atoms with E-state index in [0.717, 1.165) is 6.42 Å². The Morgan fingerprint density at radius 2 is 1.91 bits per heavy atom. The summed E-state index contributed by atoms with van der Waals surface area (Å²) in [4.78, 5) is 47.0. The van der Waals surface area contributed by atoms with Crippen molar-refractivity contribution in [3.8, 4) is 0 Å². The van der Waals surface area contributed by atoms with Gasteiger partial charge in [0.15, 0.2) is 0 Å². The molecular weight excluding hydrogens is 478 g/mol. The number of anilines is 2. The summed E-state index contributed by atoms with van der Waals surface area (Å²) in [7, 11) is 0. The molecule has 9 nitrogen and oxygen atoms in total. The summed E-state index contributed by atoms with van der Waals surface area (Å²) in [6.07, 6.45) is 4.37. The first kappa shape index (κ1) is 23.4. The summed E-state index contributed by atoms with van der Waals surface area (Å²) in [5.41, 5.74) is 1.37. The standard InChI is InChI=1S/C23H20ClN5O4S/c24-15-5-8-19(25-12-15)28-22(31)20-17(9-11-34-20)27-21(30)14-3-6-16(7-4-14)26-13-29-10-1-2-18(29)23(32)33/h3-9,11-13,18H,1-2,10H2,(H,27,30)(H,32,33)(H,25,28,31). The van der Waals surface area contributed by atoms with Gasteiger partial charge in [0.1, 0.15) is 16.7 Å². The van der Waals surface area contributed by atoms with Gasteiger partial charge in [0.2, 0.25) is 0 Å². The predicted octanol–water partition coefficient (Wildman–Crippen LogP) is 4.51. The van der Waals surface area contributed by atoms with Crippen LogP contribution in [0.4, 0.5) is 17.2 Å². The maximum Gasteiger partial charge on any atom is 0.326 e. The highest BCUT2D eigenvalue weighted by Gasteiger charge is 2.28. The van der Waals surface area contributed by atoms with Crippen LogP contribution in [0.2, 0.25) is 5.02 Å². The smallest absolute Gasteiger partial charge is 0.326 e. The molecule has 1 atom stereocenters. The van der Waals surface area contributed by atoms with E-state index < -0.39 is 17.9 Å². The molecule has 11 heteroatoms. The number of benzene rings is 1. The molecule has 1 saturated heterocycles. The maximum atomic E-state index is 12.7. The minimum absolute atomic E-state index is 0.338. The Morgan fingerprint density at radius 3 is 2.62 bits per heavy atom. The van der Waals surface area contributed by atoms with Crippen molar-refractivity contribution in [2.75, 3.05) is 17.2 Å². The molecule has 1 aromatic carbocycles. The van der Waals surface area contributed by atoms with E-state index in [9.17, 15) is 19.5 Å². The monoisotopic (exact) mass is 497 g/mol. The second-order valence-electron chi connectivity index (χ2n) is 7.46. The van der Waals surface area contributed by atoms with Crippen molar-refractivity contribution in [1.29, 1.82) is 0 Å². The number of rotatable bonds is 7. The molecule has 174 valence electrons. The van der Waals surface area contributed by atoms with E-state index >= 15 is 0 Å². The van der Waals surface area contributed by atoms with Gasteiger partial charge in [-0.05, 0) is 60.7 Å². The molecule has 1 fully saturated rings. The molecule has 1 aliphatic heterocycles. The van der Waals surface area contributed by atoms with Crippen LogP contribution in [0.1, 0.15) is 32.9 Å². The highest BCUT2D eigenvalue weighted by Crippen LogP contribution is 2.25. The molecular formula is C23H20ClN5O4S. The van der Waals surface area contributed by atoms with Crippen molar-refractivity contribution in [2.24, 2.45) is 4.99 Å². The van der Waals surface area contributed by atoms with Gasteiger partial charge in [-0.3, -0.25) is 9.59 Å². The first-order valence-electron chi connectivity index (χ1n) is 10.4. The number of amides is 2. The normalized spacial score (nSPS) is 15.4. The highest BCUT2D eigenvalue weighted by atomic mass is 35.5. The molecule has 3 N–H and O–H groups in total. The van der Waals surface area contributed by atoms with Gasteiger partial charge < -0.3 is 20.6 Å².